The number of hydrogen-bond acceptors (Lipinski definition) is 4. The number of halogens is 1. The summed E-state index contributed by atoms with van der Waals surface area (Å²) in [5, 5.41) is 10.6. The second kappa shape index (κ2) is 5.98. The van der Waals surface area contributed by atoms with Crippen molar-refractivity contribution in [2.24, 2.45) is 0 Å². The van der Waals surface area contributed by atoms with Crippen molar-refractivity contribution in [3.05, 3.63) is 22.9 Å². The van der Waals surface area contributed by atoms with Gasteiger partial charge in [0, 0.05) is 0 Å². The third-order valence-electron chi connectivity index (χ3n) is 1.43. The molecule has 0 aliphatic rings. The Labute approximate surface area is 95.2 Å². The summed E-state index contributed by atoms with van der Waals surface area (Å²) in [5.74, 6) is 0.171. The fraction of sp³-hybridized carbons (Fsp3) is 0.222. The molecule has 15 heavy (non-hydrogen) atoms. The first kappa shape index (κ1) is 11.5. The molecule has 0 fully saturated rings. The van der Waals surface area contributed by atoms with E-state index in [9.17, 15) is 4.79 Å². The van der Waals surface area contributed by atoms with Crippen LogP contribution in [0.15, 0.2) is 22.9 Å². The van der Waals surface area contributed by atoms with Crippen molar-refractivity contribution in [2.75, 3.05) is 13.2 Å². The van der Waals surface area contributed by atoms with Gasteiger partial charge in [0.05, 0.1) is 12.3 Å². The van der Waals surface area contributed by atoms with Crippen LogP contribution in [0.1, 0.15) is 0 Å². The number of nitrogens with zero attached hydrogens (tertiary/aromatic N) is 2. The van der Waals surface area contributed by atoms with E-state index >= 15 is 0 Å². The number of carbonyl (C=O) groups is 1. The number of hydrogen-bond donors (Lipinski definition) is 1. The SMILES string of the molecule is N#CCNC(=O)COc1ccc(Br)nc1. The molecule has 1 rings (SSSR count). The molecule has 0 saturated carbocycles. The summed E-state index contributed by atoms with van der Waals surface area (Å²) in [6.45, 7) is -0.133. The average Bonchev–Trinajstić information content (AvgIpc) is 2.25. The maximum absolute atomic E-state index is 11.0. The van der Waals surface area contributed by atoms with Gasteiger partial charge >= 0.3 is 0 Å². The molecule has 1 N–H and O–H groups in total. The maximum Gasteiger partial charge on any atom is 0.258 e. The molecule has 0 unspecified atom stereocenters. The Kier molecular flexibility index (Phi) is 4.57. The molecular weight excluding hydrogens is 262 g/mol. The van der Waals surface area contributed by atoms with Crippen LogP contribution < -0.4 is 10.1 Å². The van der Waals surface area contributed by atoms with Crippen molar-refractivity contribution >= 4 is 21.8 Å². The molecule has 0 aromatic carbocycles. The first-order chi connectivity index (χ1) is 7.22. The molecule has 0 bridgehead atoms. The second-order valence-electron chi connectivity index (χ2n) is 2.54. The van der Waals surface area contributed by atoms with Gasteiger partial charge < -0.3 is 10.1 Å². The molecule has 0 radical (unpaired) electrons. The Bertz CT molecular complexity index is 372. The third kappa shape index (κ3) is 4.42. The molecule has 1 aromatic heterocycles. The fourth-order valence-corrected chi connectivity index (χ4v) is 1.02. The summed E-state index contributed by atoms with van der Waals surface area (Å²) >= 11 is 3.18. The fourth-order valence-electron chi connectivity index (χ4n) is 0.786. The lowest BCUT2D eigenvalue weighted by molar-refractivity contribution is -0.122. The summed E-state index contributed by atoms with van der Waals surface area (Å²) in [6, 6.07) is 5.20. The molecule has 1 heterocycles. The normalized spacial score (nSPS) is 9.07. The van der Waals surface area contributed by atoms with Gasteiger partial charge in [0.2, 0.25) is 0 Å². The van der Waals surface area contributed by atoms with Crippen molar-refractivity contribution < 1.29 is 9.53 Å². The maximum atomic E-state index is 11.0. The van der Waals surface area contributed by atoms with E-state index in [1.165, 1.54) is 6.20 Å². The number of ether oxygens (including phenoxy) is 1. The largest absolute Gasteiger partial charge is 0.482 e. The van der Waals surface area contributed by atoms with Gasteiger partial charge in [-0.2, -0.15) is 5.26 Å². The lowest BCUT2D eigenvalue weighted by Gasteiger charge is -2.04. The molecule has 0 aliphatic heterocycles. The van der Waals surface area contributed by atoms with E-state index in [-0.39, 0.29) is 19.1 Å². The zero-order valence-corrected chi connectivity index (χ0v) is 9.32. The summed E-state index contributed by atoms with van der Waals surface area (Å²) in [5.41, 5.74) is 0. The van der Waals surface area contributed by atoms with Gasteiger partial charge in [-0.15, -0.1) is 0 Å². The highest BCUT2D eigenvalue weighted by atomic mass is 79.9. The van der Waals surface area contributed by atoms with Gasteiger partial charge in [-0.3, -0.25) is 4.79 Å². The minimum Gasteiger partial charge on any atom is -0.482 e. The highest BCUT2D eigenvalue weighted by Gasteiger charge is 2.01. The van der Waals surface area contributed by atoms with Crippen molar-refractivity contribution in [1.82, 2.24) is 10.3 Å². The first-order valence-electron chi connectivity index (χ1n) is 4.10. The van der Waals surface area contributed by atoms with Crippen LogP contribution in [-0.4, -0.2) is 24.0 Å². The highest BCUT2D eigenvalue weighted by Crippen LogP contribution is 2.12. The molecular formula is C9H8BrN3O2. The molecule has 0 aliphatic carbocycles. The van der Waals surface area contributed by atoms with Crippen molar-refractivity contribution in [3.63, 3.8) is 0 Å². The Morgan fingerprint density at radius 1 is 1.67 bits per heavy atom. The van der Waals surface area contributed by atoms with Gasteiger partial charge in [0.25, 0.3) is 5.91 Å². The number of nitriles is 1. The summed E-state index contributed by atoms with van der Waals surface area (Å²) < 4.78 is 5.81. The molecule has 0 atom stereocenters. The van der Waals surface area contributed by atoms with Gasteiger partial charge in [0.1, 0.15) is 16.9 Å². The summed E-state index contributed by atoms with van der Waals surface area (Å²) in [6.07, 6.45) is 1.50. The van der Waals surface area contributed by atoms with E-state index in [4.69, 9.17) is 10.00 Å². The topological polar surface area (TPSA) is 75.0 Å². The summed E-state index contributed by atoms with van der Waals surface area (Å²) in [7, 11) is 0. The predicted octanol–water partition coefficient (Wildman–Crippen LogP) is 0.863. The molecule has 1 amide bonds. The smallest absolute Gasteiger partial charge is 0.258 e. The average molecular weight is 270 g/mol. The van der Waals surface area contributed by atoms with E-state index in [2.05, 4.69) is 26.2 Å². The van der Waals surface area contributed by atoms with Crippen molar-refractivity contribution in [2.45, 2.75) is 0 Å². The Morgan fingerprint density at radius 2 is 2.47 bits per heavy atom. The summed E-state index contributed by atoms with van der Waals surface area (Å²) in [4.78, 5) is 15.0. The highest BCUT2D eigenvalue weighted by molar-refractivity contribution is 9.10. The van der Waals surface area contributed by atoms with Crippen molar-refractivity contribution in [1.29, 1.82) is 5.26 Å². The van der Waals surface area contributed by atoms with Crippen LogP contribution in [0.3, 0.4) is 0 Å². The number of rotatable bonds is 4. The number of amides is 1. The van der Waals surface area contributed by atoms with Crippen LogP contribution >= 0.6 is 15.9 Å². The van der Waals surface area contributed by atoms with Crippen LogP contribution in [0.4, 0.5) is 0 Å². The lowest BCUT2D eigenvalue weighted by Crippen LogP contribution is -2.29. The van der Waals surface area contributed by atoms with Gasteiger partial charge in [-0.1, -0.05) is 0 Å². The van der Waals surface area contributed by atoms with E-state index in [0.717, 1.165) is 0 Å². The first-order valence-corrected chi connectivity index (χ1v) is 4.89. The minimum absolute atomic E-state index is 0.0131. The Hall–Kier alpha value is -1.61. The van der Waals surface area contributed by atoms with E-state index in [1.807, 2.05) is 0 Å². The quantitative estimate of drug-likeness (QED) is 0.650. The number of carbonyl (C=O) groups excluding carboxylic acids is 1. The van der Waals surface area contributed by atoms with Crippen LogP contribution in [0.25, 0.3) is 0 Å². The minimum atomic E-state index is -0.334. The zero-order valence-electron chi connectivity index (χ0n) is 7.74. The molecule has 1 aromatic rings. The molecule has 5 nitrogen and oxygen atoms in total. The van der Waals surface area contributed by atoms with E-state index in [1.54, 1.807) is 18.2 Å². The van der Waals surface area contributed by atoms with Crippen LogP contribution in [0, 0.1) is 11.3 Å². The number of pyridine rings is 1. The van der Waals surface area contributed by atoms with Gasteiger partial charge in [0.15, 0.2) is 6.61 Å². The van der Waals surface area contributed by atoms with Crippen LogP contribution in [0.2, 0.25) is 0 Å². The molecule has 0 spiro atoms. The van der Waals surface area contributed by atoms with Crippen LogP contribution in [-0.2, 0) is 4.79 Å². The predicted molar refractivity (Wildman–Crippen MR) is 56.1 cm³/mol. The second-order valence-corrected chi connectivity index (χ2v) is 3.35. The lowest BCUT2D eigenvalue weighted by atomic mass is 10.5. The molecule has 78 valence electrons. The molecule has 6 heteroatoms. The zero-order chi connectivity index (χ0) is 11.1. The van der Waals surface area contributed by atoms with Crippen molar-refractivity contribution in [3.8, 4) is 11.8 Å². The standard InChI is InChI=1S/C9H8BrN3O2/c10-8-2-1-7(5-13-8)15-6-9(14)12-4-3-11/h1-2,5H,4,6H2,(H,12,14). The van der Waals surface area contributed by atoms with Crippen LogP contribution in [0.5, 0.6) is 5.75 Å². The van der Waals surface area contributed by atoms with E-state index < -0.39 is 0 Å². The third-order valence-corrected chi connectivity index (χ3v) is 1.90. The van der Waals surface area contributed by atoms with Gasteiger partial charge in [-0.05, 0) is 28.1 Å². The number of nitrogens with one attached hydrogen (secondary N) is 1. The molecule has 0 saturated heterocycles. The monoisotopic (exact) mass is 269 g/mol. The van der Waals surface area contributed by atoms with Gasteiger partial charge in [-0.25, -0.2) is 4.98 Å². The van der Waals surface area contributed by atoms with E-state index in [0.29, 0.717) is 10.4 Å². The Morgan fingerprint density at radius 3 is 3.07 bits per heavy atom. The Balaban J connectivity index is 2.34. The number of aromatic nitrogens is 1.